The smallest absolute Gasteiger partial charge is 0.264 e. The van der Waals surface area contributed by atoms with Gasteiger partial charge in [-0.2, -0.15) is 5.11 Å². The molecule has 1 heterocycles. The quantitative estimate of drug-likeness (QED) is 0.502. The van der Waals surface area contributed by atoms with E-state index in [2.05, 4.69) is 15.4 Å². The van der Waals surface area contributed by atoms with E-state index < -0.39 is 23.3 Å². The number of amides is 1. The van der Waals surface area contributed by atoms with Crippen LogP contribution in [0.3, 0.4) is 0 Å². The van der Waals surface area contributed by atoms with Crippen LogP contribution >= 0.6 is 24.0 Å². The second-order valence-corrected chi connectivity index (χ2v) is 8.21. The molecule has 0 saturated heterocycles. The molecule has 0 fully saturated rings. The molecule has 0 radical (unpaired) electrons. The van der Waals surface area contributed by atoms with Crippen molar-refractivity contribution in [2.75, 3.05) is 11.1 Å². The molecule has 0 bridgehead atoms. The van der Waals surface area contributed by atoms with Crippen molar-refractivity contribution in [3.05, 3.63) is 29.6 Å². The van der Waals surface area contributed by atoms with Crippen molar-refractivity contribution in [2.24, 2.45) is 21.8 Å². The zero-order chi connectivity index (χ0) is 19.5. The van der Waals surface area contributed by atoms with Gasteiger partial charge in [0.2, 0.25) is 0 Å². The van der Waals surface area contributed by atoms with E-state index in [4.69, 9.17) is 23.5 Å². The minimum absolute atomic E-state index is 0.0309. The van der Waals surface area contributed by atoms with Crippen molar-refractivity contribution in [3.63, 3.8) is 0 Å². The summed E-state index contributed by atoms with van der Waals surface area (Å²) in [6, 6.07) is 3.66. The Hall–Kier alpha value is -1.87. The second kappa shape index (κ2) is 8.22. The number of nitrogens with zero attached hydrogens (tertiary/aromatic N) is 2. The summed E-state index contributed by atoms with van der Waals surface area (Å²) >= 11 is 6.59. The Morgan fingerprint density at radius 1 is 1.54 bits per heavy atom. The maximum Gasteiger partial charge on any atom is 0.264 e. The van der Waals surface area contributed by atoms with E-state index in [-0.39, 0.29) is 10.8 Å². The van der Waals surface area contributed by atoms with E-state index in [1.807, 2.05) is 20.8 Å². The number of nitrogens with one attached hydrogen (secondary N) is 2. The molecule has 0 aromatic heterocycles. The van der Waals surface area contributed by atoms with E-state index in [1.165, 1.54) is 23.9 Å². The van der Waals surface area contributed by atoms with Crippen LogP contribution in [0.4, 0.5) is 10.1 Å². The zero-order valence-electron chi connectivity index (χ0n) is 14.9. The number of nitrogens with two attached hydrogens (primary N) is 1. The van der Waals surface area contributed by atoms with Crippen LogP contribution in [0.5, 0.6) is 0 Å². The molecule has 9 heteroatoms. The number of anilines is 1. The summed E-state index contributed by atoms with van der Waals surface area (Å²) in [6.07, 6.45) is 0.637. The van der Waals surface area contributed by atoms with Gasteiger partial charge >= 0.3 is 0 Å². The number of carbonyl (C=O) groups is 1. The van der Waals surface area contributed by atoms with Gasteiger partial charge in [0.25, 0.3) is 5.91 Å². The predicted octanol–water partition coefficient (Wildman–Crippen LogP) is 3.86. The van der Waals surface area contributed by atoms with E-state index in [1.54, 1.807) is 6.07 Å². The maximum atomic E-state index is 14.4. The molecule has 26 heavy (non-hydrogen) atoms. The molecular weight excluding hydrogens is 373 g/mol. The highest BCUT2D eigenvalue weighted by atomic mass is 32.2. The number of rotatable bonds is 6. The van der Waals surface area contributed by atoms with Crippen LogP contribution in [0.1, 0.15) is 32.8 Å². The first-order chi connectivity index (χ1) is 12.2. The first-order valence-corrected chi connectivity index (χ1v) is 9.57. The number of hydrogen-bond acceptors (Lipinski definition) is 7. The van der Waals surface area contributed by atoms with E-state index in [9.17, 15) is 9.18 Å². The van der Waals surface area contributed by atoms with Crippen molar-refractivity contribution >= 4 is 45.6 Å². The molecule has 0 aliphatic carbocycles. The molecule has 1 amide bonds. The summed E-state index contributed by atoms with van der Waals surface area (Å²) < 4.78 is 14.4. The van der Waals surface area contributed by atoms with Gasteiger partial charge in [0.05, 0.1) is 5.54 Å². The fourth-order valence-electron chi connectivity index (χ4n) is 2.73. The molecule has 1 aromatic carbocycles. The Labute approximate surface area is 161 Å². The molecule has 6 nitrogen and oxygen atoms in total. The monoisotopic (exact) mass is 395 g/mol. The van der Waals surface area contributed by atoms with Gasteiger partial charge in [0, 0.05) is 17.0 Å². The molecule has 0 saturated carbocycles. The van der Waals surface area contributed by atoms with Crippen molar-refractivity contribution in [3.8, 4) is 0 Å². The number of thiocarbonyl (C=S) groups is 1. The number of benzene rings is 1. The lowest BCUT2D eigenvalue weighted by molar-refractivity contribution is -0.110. The van der Waals surface area contributed by atoms with Gasteiger partial charge in [0.15, 0.2) is 5.17 Å². The number of thioether (sulfide) groups is 1. The first-order valence-electron chi connectivity index (χ1n) is 8.18. The molecule has 0 spiro atoms. The van der Waals surface area contributed by atoms with Gasteiger partial charge in [-0.25, -0.2) is 9.92 Å². The molecular formula is C17H22FN5OS2. The lowest BCUT2D eigenvalue weighted by Crippen LogP contribution is -2.34. The van der Waals surface area contributed by atoms with Crippen molar-refractivity contribution < 1.29 is 9.18 Å². The zero-order valence-corrected chi connectivity index (χ0v) is 16.5. The summed E-state index contributed by atoms with van der Waals surface area (Å²) in [5, 5.41) is 6.52. The van der Waals surface area contributed by atoms with Gasteiger partial charge in [-0.3, -0.25) is 9.79 Å². The molecule has 1 aliphatic rings. The van der Waals surface area contributed by atoms with Crippen LogP contribution in [0, 0.1) is 17.3 Å². The summed E-state index contributed by atoms with van der Waals surface area (Å²) in [6.45, 7) is 5.49. The number of hydrogen-bond donors (Lipinski definition) is 3. The Bertz CT molecular complexity index is 768. The third-order valence-electron chi connectivity index (χ3n) is 4.26. The van der Waals surface area contributed by atoms with Crippen LogP contribution in [0.25, 0.3) is 0 Å². The topological polar surface area (TPSA) is 104 Å². The predicted molar refractivity (Wildman–Crippen MR) is 107 cm³/mol. The fraction of sp³-hybridized carbons (Fsp3) is 0.471. The minimum Gasteiger partial charge on any atom is -0.379 e. The third-order valence-corrected chi connectivity index (χ3v) is 5.49. The van der Waals surface area contributed by atoms with Crippen LogP contribution in [-0.2, 0) is 10.3 Å². The Kier molecular flexibility index (Phi) is 6.46. The number of halogens is 1. The highest BCUT2D eigenvalue weighted by Gasteiger charge is 2.32. The normalized spacial score (nSPS) is 21.0. The van der Waals surface area contributed by atoms with Crippen molar-refractivity contribution in [1.82, 2.24) is 0 Å². The number of carbonyl (C=O) groups excluding carboxylic acids is 1. The lowest BCUT2D eigenvalue weighted by atomic mass is 9.89. The van der Waals surface area contributed by atoms with Crippen molar-refractivity contribution in [2.45, 2.75) is 38.8 Å². The standard InChI is InChI=1S/C17H22FN5OS2/c1-9(2)13(23-20)14(25)15(24)21-10-4-5-12(18)11(8-10)17(3)6-7-26-16(19)22-17/h4-5,8-9,13,20H,6-7H2,1-3H3,(H2,19,22)(H,21,24)/t13?,17-/m0/s1. The Morgan fingerprint density at radius 3 is 2.81 bits per heavy atom. The molecule has 4 N–H and O–H groups in total. The number of amidine groups is 1. The first kappa shape index (κ1) is 20.4. The largest absolute Gasteiger partial charge is 0.379 e. The molecule has 1 unspecified atom stereocenters. The van der Waals surface area contributed by atoms with Gasteiger partial charge in [-0.1, -0.05) is 37.8 Å². The molecule has 1 aliphatic heterocycles. The highest BCUT2D eigenvalue weighted by molar-refractivity contribution is 8.13. The minimum atomic E-state index is -0.780. The van der Waals surface area contributed by atoms with E-state index in [0.29, 0.717) is 22.8 Å². The summed E-state index contributed by atoms with van der Waals surface area (Å²) in [4.78, 5) is 16.8. The third kappa shape index (κ3) is 4.45. The Morgan fingerprint density at radius 2 is 2.23 bits per heavy atom. The summed E-state index contributed by atoms with van der Waals surface area (Å²) in [7, 11) is 0. The second-order valence-electron chi connectivity index (χ2n) is 6.65. The summed E-state index contributed by atoms with van der Waals surface area (Å²) in [5.74, 6) is -0.240. The average Bonchev–Trinajstić information content (AvgIpc) is 2.56. The SMILES string of the molecule is CC(C)C(N=N)C(=S)C(=O)Nc1ccc(F)c([C@]2(C)CCSC(N)=N2)c1. The highest BCUT2D eigenvalue weighted by Crippen LogP contribution is 2.37. The number of aliphatic imine (C=N–C) groups is 1. The molecule has 2 rings (SSSR count). The van der Waals surface area contributed by atoms with Crippen molar-refractivity contribution in [1.29, 1.82) is 5.53 Å². The lowest BCUT2D eigenvalue weighted by Gasteiger charge is -2.30. The van der Waals surface area contributed by atoms with E-state index >= 15 is 0 Å². The average molecular weight is 396 g/mol. The van der Waals surface area contributed by atoms with E-state index in [0.717, 1.165) is 5.75 Å². The van der Waals surface area contributed by atoms with Crippen LogP contribution in [0.15, 0.2) is 28.3 Å². The van der Waals surface area contributed by atoms with Gasteiger partial charge in [-0.05, 0) is 37.5 Å². The molecule has 140 valence electrons. The summed E-state index contributed by atoms with van der Waals surface area (Å²) in [5.41, 5.74) is 13.0. The Balaban J connectivity index is 2.27. The van der Waals surface area contributed by atoms with Gasteiger partial charge in [0.1, 0.15) is 16.7 Å². The maximum absolute atomic E-state index is 14.4. The van der Waals surface area contributed by atoms with Gasteiger partial charge < -0.3 is 11.1 Å². The van der Waals surface area contributed by atoms with Crippen LogP contribution in [-0.4, -0.2) is 27.7 Å². The molecule has 1 aromatic rings. The van der Waals surface area contributed by atoms with Crippen LogP contribution in [0.2, 0.25) is 0 Å². The fourth-order valence-corrected chi connectivity index (χ4v) is 4.08. The van der Waals surface area contributed by atoms with Gasteiger partial charge in [-0.15, -0.1) is 0 Å². The van der Waals surface area contributed by atoms with Crippen LogP contribution < -0.4 is 11.1 Å². The molecule has 2 atom stereocenters.